The van der Waals surface area contributed by atoms with Crippen molar-refractivity contribution in [3.05, 3.63) is 70.0 Å². The minimum Gasteiger partial charge on any atom is -0.368 e. The molecule has 0 bridgehead atoms. The Bertz CT molecular complexity index is 1300. The van der Waals surface area contributed by atoms with Crippen LogP contribution in [0.4, 0.5) is 35.5 Å². The molecule has 0 aromatic heterocycles. The van der Waals surface area contributed by atoms with E-state index in [-0.39, 0.29) is 18.2 Å². The Kier molecular flexibility index (Phi) is 8.07. The van der Waals surface area contributed by atoms with Gasteiger partial charge in [-0.1, -0.05) is 6.07 Å². The minimum atomic E-state index is -5.03. The number of benzene rings is 2. The molecule has 3 amide bonds. The highest BCUT2D eigenvalue weighted by atomic mass is 19.4. The van der Waals surface area contributed by atoms with Crippen molar-refractivity contribution < 1.29 is 40.3 Å². The third-order valence-corrected chi connectivity index (χ3v) is 8.34. The summed E-state index contributed by atoms with van der Waals surface area (Å²) in [7, 11) is 1.32. The number of nitrogens with two attached hydrogens (primary N) is 1. The predicted molar refractivity (Wildman–Crippen MR) is 136 cm³/mol. The van der Waals surface area contributed by atoms with Gasteiger partial charge in [-0.3, -0.25) is 4.79 Å². The van der Waals surface area contributed by atoms with Crippen LogP contribution in [0.25, 0.3) is 0 Å². The number of hydrogen-bond donors (Lipinski definition) is 2. The minimum absolute atomic E-state index is 0.0451. The van der Waals surface area contributed by atoms with E-state index < -0.39 is 64.9 Å². The molecule has 3 N–H and O–H groups in total. The number of piperidine rings is 1. The van der Waals surface area contributed by atoms with Crippen molar-refractivity contribution in [2.24, 2.45) is 5.73 Å². The lowest BCUT2D eigenvalue weighted by molar-refractivity contribution is -0.143. The van der Waals surface area contributed by atoms with Crippen molar-refractivity contribution in [2.45, 2.75) is 75.5 Å². The summed E-state index contributed by atoms with van der Waals surface area (Å²) in [6, 6.07) is 2.49. The Morgan fingerprint density at radius 2 is 1.66 bits per heavy atom. The van der Waals surface area contributed by atoms with E-state index >= 15 is 0 Å². The highest BCUT2D eigenvalue weighted by molar-refractivity contribution is 5.80. The molecule has 2 aliphatic rings. The summed E-state index contributed by atoms with van der Waals surface area (Å²) in [5.74, 6) is -0.971. The summed E-state index contributed by atoms with van der Waals surface area (Å²) in [6.45, 7) is 3.21. The van der Waals surface area contributed by atoms with E-state index in [0.29, 0.717) is 48.9 Å². The maximum absolute atomic E-state index is 13.9. The molecule has 6 nitrogen and oxygen atoms in total. The Morgan fingerprint density at radius 3 is 2.17 bits per heavy atom. The van der Waals surface area contributed by atoms with Crippen molar-refractivity contribution in [3.63, 3.8) is 0 Å². The topological polar surface area (TPSA) is 78.7 Å². The molecule has 4 rings (SSSR count). The Morgan fingerprint density at radius 1 is 1.05 bits per heavy atom. The fourth-order valence-electron chi connectivity index (χ4n) is 5.91. The van der Waals surface area contributed by atoms with Gasteiger partial charge in [0.25, 0.3) is 0 Å². The molecular weight excluding hydrogens is 557 g/mol. The average Bonchev–Trinajstić information content (AvgIpc) is 3.29. The van der Waals surface area contributed by atoms with Gasteiger partial charge >= 0.3 is 18.4 Å². The molecule has 224 valence electrons. The molecule has 2 heterocycles. The number of urea groups is 1. The molecule has 41 heavy (non-hydrogen) atoms. The van der Waals surface area contributed by atoms with Crippen LogP contribution in [0.5, 0.6) is 0 Å². The number of amides is 3. The quantitative estimate of drug-likeness (QED) is 0.424. The monoisotopic (exact) mass is 588 g/mol. The van der Waals surface area contributed by atoms with Gasteiger partial charge in [-0.05, 0) is 86.6 Å². The van der Waals surface area contributed by atoms with Crippen LogP contribution < -0.4 is 11.1 Å². The number of rotatable bonds is 4. The number of nitrogens with zero attached hydrogens (tertiary/aromatic N) is 2. The summed E-state index contributed by atoms with van der Waals surface area (Å²) in [5, 5.41) is 3.30. The molecule has 2 fully saturated rings. The molecule has 2 aliphatic heterocycles. The van der Waals surface area contributed by atoms with E-state index in [2.05, 4.69) is 5.32 Å². The van der Waals surface area contributed by atoms with E-state index in [0.717, 1.165) is 4.90 Å². The Hall–Kier alpha value is -3.35. The maximum atomic E-state index is 13.9. The van der Waals surface area contributed by atoms with Crippen molar-refractivity contribution in [2.75, 3.05) is 13.6 Å². The fourth-order valence-corrected chi connectivity index (χ4v) is 5.91. The molecule has 2 aromatic carbocycles. The van der Waals surface area contributed by atoms with Gasteiger partial charge in [0.05, 0.1) is 29.3 Å². The van der Waals surface area contributed by atoms with Gasteiger partial charge in [0.15, 0.2) is 0 Å². The second-order valence-corrected chi connectivity index (χ2v) is 11.0. The average molecular weight is 589 g/mol. The number of aryl methyl sites for hydroxylation is 1. The van der Waals surface area contributed by atoms with E-state index in [1.54, 1.807) is 13.0 Å². The molecule has 1 unspecified atom stereocenters. The molecule has 0 saturated carbocycles. The zero-order chi connectivity index (χ0) is 30.5. The van der Waals surface area contributed by atoms with Crippen LogP contribution in [-0.4, -0.2) is 46.9 Å². The van der Waals surface area contributed by atoms with Crippen molar-refractivity contribution in [1.82, 2.24) is 15.1 Å². The van der Waals surface area contributed by atoms with Gasteiger partial charge < -0.3 is 20.9 Å². The third kappa shape index (κ3) is 6.29. The van der Waals surface area contributed by atoms with E-state index in [4.69, 9.17) is 5.73 Å². The molecule has 13 heteroatoms. The van der Waals surface area contributed by atoms with Gasteiger partial charge in [-0.15, -0.1) is 0 Å². The number of carbonyl (C=O) groups excluding carboxylic acids is 2. The van der Waals surface area contributed by atoms with Crippen LogP contribution in [0.3, 0.4) is 0 Å². The number of halogens is 7. The molecular formula is C28H31F7N4O2. The SMILES string of the molecule is Cc1cc(F)ccc1[C@H]1C[C@]2(CC[C@@H](C(N)=O)N2)CCN1C(=O)N(C)C(C)c1cc(C(F)(F)F)cc(C(F)(F)F)c1. The normalized spacial score (nSPS) is 24.0. The maximum Gasteiger partial charge on any atom is 0.416 e. The molecule has 2 aromatic rings. The number of likely N-dealkylation sites (tertiary alicyclic amines) is 1. The second-order valence-electron chi connectivity index (χ2n) is 11.0. The van der Waals surface area contributed by atoms with Crippen molar-refractivity contribution in [3.8, 4) is 0 Å². The van der Waals surface area contributed by atoms with Crippen LogP contribution in [-0.2, 0) is 17.1 Å². The first-order valence-corrected chi connectivity index (χ1v) is 13.1. The van der Waals surface area contributed by atoms with Crippen LogP contribution in [0, 0.1) is 12.7 Å². The summed E-state index contributed by atoms with van der Waals surface area (Å²) < 4.78 is 94.7. The van der Waals surface area contributed by atoms with E-state index in [9.17, 15) is 40.3 Å². The van der Waals surface area contributed by atoms with Crippen LogP contribution in [0.2, 0.25) is 0 Å². The standard InChI is InChI=1S/C28H31F7N4O2/c1-15-10-20(29)4-5-21(15)23-14-26(7-6-22(37-26)24(36)40)8-9-39(23)25(41)38(3)16(2)17-11-18(27(30,31)32)13-19(12-17)28(33,34)35/h4-5,10-13,16,22-23,37H,6-9,14H2,1-3H3,(H2,36,40)/t16?,22-,23+,26-/m0/s1. The van der Waals surface area contributed by atoms with Crippen molar-refractivity contribution in [1.29, 1.82) is 0 Å². The zero-order valence-corrected chi connectivity index (χ0v) is 22.7. The van der Waals surface area contributed by atoms with E-state index in [1.807, 2.05) is 0 Å². The first-order chi connectivity index (χ1) is 18.9. The van der Waals surface area contributed by atoms with Crippen LogP contribution >= 0.6 is 0 Å². The number of primary amides is 1. The molecule has 4 atom stereocenters. The number of nitrogens with one attached hydrogen (secondary N) is 1. The Labute approximate surface area is 232 Å². The lowest BCUT2D eigenvalue weighted by atomic mass is 9.79. The smallest absolute Gasteiger partial charge is 0.368 e. The van der Waals surface area contributed by atoms with Gasteiger partial charge in [0.2, 0.25) is 5.91 Å². The van der Waals surface area contributed by atoms with Gasteiger partial charge in [-0.2, -0.15) is 26.3 Å². The summed E-state index contributed by atoms with van der Waals surface area (Å²) in [6.07, 6.45) is -8.16. The first-order valence-electron chi connectivity index (χ1n) is 13.1. The molecule has 1 spiro atoms. The van der Waals surface area contributed by atoms with Gasteiger partial charge in [0.1, 0.15) is 5.82 Å². The number of alkyl halides is 6. The third-order valence-electron chi connectivity index (χ3n) is 8.34. The zero-order valence-electron chi connectivity index (χ0n) is 22.7. The number of hydrogen-bond acceptors (Lipinski definition) is 3. The lowest BCUT2D eigenvalue weighted by Crippen LogP contribution is -2.57. The van der Waals surface area contributed by atoms with Gasteiger partial charge in [0, 0.05) is 19.1 Å². The summed E-state index contributed by atoms with van der Waals surface area (Å²) in [4.78, 5) is 28.3. The number of carbonyl (C=O) groups is 2. The van der Waals surface area contributed by atoms with Crippen LogP contribution in [0.15, 0.2) is 36.4 Å². The highest BCUT2D eigenvalue weighted by Crippen LogP contribution is 2.44. The predicted octanol–water partition coefficient (Wildman–Crippen LogP) is 6.10. The Balaban J connectivity index is 1.68. The van der Waals surface area contributed by atoms with Crippen molar-refractivity contribution >= 4 is 11.9 Å². The largest absolute Gasteiger partial charge is 0.416 e. The van der Waals surface area contributed by atoms with Gasteiger partial charge in [-0.25, -0.2) is 9.18 Å². The fraction of sp³-hybridized carbons (Fsp3) is 0.500. The first kappa shape index (κ1) is 30.6. The lowest BCUT2D eigenvalue weighted by Gasteiger charge is -2.47. The summed E-state index contributed by atoms with van der Waals surface area (Å²) in [5.41, 5.74) is 2.91. The summed E-state index contributed by atoms with van der Waals surface area (Å²) >= 11 is 0. The highest BCUT2D eigenvalue weighted by Gasteiger charge is 2.48. The molecule has 0 radical (unpaired) electrons. The molecule has 0 aliphatic carbocycles. The van der Waals surface area contributed by atoms with E-state index in [1.165, 1.54) is 31.0 Å². The van der Waals surface area contributed by atoms with Crippen LogP contribution in [0.1, 0.15) is 72.5 Å². The molecule has 2 saturated heterocycles. The second kappa shape index (κ2) is 10.8.